The summed E-state index contributed by atoms with van der Waals surface area (Å²) in [5.74, 6) is -0.208. The molecule has 0 aliphatic carbocycles. The van der Waals surface area contributed by atoms with Crippen LogP contribution in [0.2, 0.25) is 0 Å². The molecule has 4 nitrogen and oxygen atoms in total. The van der Waals surface area contributed by atoms with Crippen LogP contribution in [0.4, 0.5) is 5.13 Å². The number of aromatic nitrogens is 1. The summed E-state index contributed by atoms with van der Waals surface area (Å²) in [5.41, 5.74) is 3.30. The van der Waals surface area contributed by atoms with E-state index in [1.54, 1.807) is 6.07 Å². The number of rotatable bonds is 2. The van der Waals surface area contributed by atoms with E-state index in [1.165, 1.54) is 28.2 Å². The topological polar surface area (TPSA) is 54.0 Å². The van der Waals surface area contributed by atoms with E-state index < -0.39 is 0 Å². The van der Waals surface area contributed by atoms with Gasteiger partial charge in [0.05, 0.1) is 15.1 Å². The minimum absolute atomic E-state index is 0.208. The van der Waals surface area contributed by atoms with Crippen molar-refractivity contribution < 1.29 is 4.79 Å². The number of nitrogens with one attached hydrogen (secondary N) is 2. The predicted molar refractivity (Wildman–Crippen MR) is 97.1 cm³/mol. The van der Waals surface area contributed by atoms with Crippen molar-refractivity contribution in [2.75, 3.05) is 5.32 Å². The molecule has 0 saturated carbocycles. The first kappa shape index (κ1) is 15.1. The average molecular weight is 347 g/mol. The minimum atomic E-state index is -0.208. The maximum atomic E-state index is 11.9. The lowest BCUT2D eigenvalue weighted by Crippen LogP contribution is -2.33. The maximum absolute atomic E-state index is 11.9. The SMILES string of the molecule is Cc1cc(C)c2nc(NC(=S)NC(=O)c3cccs3)sc2c1. The molecule has 112 valence electrons. The van der Waals surface area contributed by atoms with Crippen LogP contribution in [0, 0.1) is 13.8 Å². The van der Waals surface area contributed by atoms with Gasteiger partial charge in [-0.15, -0.1) is 11.3 Å². The fourth-order valence-electron chi connectivity index (χ4n) is 2.12. The van der Waals surface area contributed by atoms with Crippen molar-refractivity contribution in [1.29, 1.82) is 0 Å². The zero-order chi connectivity index (χ0) is 15.7. The summed E-state index contributed by atoms with van der Waals surface area (Å²) in [6.45, 7) is 4.10. The second kappa shape index (κ2) is 6.12. The van der Waals surface area contributed by atoms with E-state index in [0.717, 1.165) is 15.8 Å². The van der Waals surface area contributed by atoms with E-state index >= 15 is 0 Å². The molecule has 7 heteroatoms. The van der Waals surface area contributed by atoms with Gasteiger partial charge in [-0.1, -0.05) is 23.5 Å². The van der Waals surface area contributed by atoms with E-state index in [-0.39, 0.29) is 11.0 Å². The number of aryl methyl sites for hydroxylation is 2. The second-order valence-electron chi connectivity index (χ2n) is 4.83. The molecule has 1 amide bonds. The number of fused-ring (bicyclic) bond motifs is 1. The first-order chi connectivity index (χ1) is 10.5. The van der Waals surface area contributed by atoms with Crippen LogP contribution < -0.4 is 10.6 Å². The fraction of sp³-hybridized carbons (Fsp3) is 0.133. The Morgan fingerprint density at radius 2 is 2.14 bits per heavy atom. The molecular formula is C15H13N3OS3. The van der Waals surface area contributed by atoms with Crippen molar-refractivity contribution in [2.24, 2.45) is 0 Å². The van der Waals surface area contributed by atoms with Crippen molar-refractivity contribution in [1.82, 2.24) is 10.3 Å². The van der Waals surface area contributed by atoms with E-state index in [2.05, 4.69) is 34.7 Å². The Morgan fingerprint density at radius 3 is 2.86 bits per heavy atom. The lowest BCUT2D eigenvalue weighted by molar-refractivity contribution is 0.0981. The predicted octanol–water partition coefficient (Wildman–Crippen LogP) is 4.10. The number of amides is 1. The van der Waals surface area contributed by atoms with E-state index in [4.69, 9.17) is 12.2 Å². The summed E-state index contributed by atoms with van der Waals surface area (Å²) in [6, 6.07) is 7.78. The smallest absolute Gasteiger partial charge is 0.267 e. The Labute approximate surface area is 141 Å². The van der Waals surface area contributed by atoms with Crippen molar-refractivity contribution in [3.05, 3.63) is 45.6 Å². The molecular weight excluding hydrogens is 334 g/mol. The molecule has 2 aromatic heterocycles. The molecule has 22 heavy (non-hydrogen) atoms. The highest BCUT2D eigenvalue weighted by atomic mass is 32.1. The van der Waals surface area contributed by atoms with Crippen LogP contribution >= 0.6 is 34.9 Å². The van der Waals surface area contributed by atoms with E-state index in [0.29, 0.717) is 10.0 Å². The number of nitrogens with zero attached hydrogens (tertiary/aromatic N) is 1. The van der Waals surface area contributed by atoms with Crippen LogP contribution in [0.1, 0.15) is 20.8 Å². The summed E-state index contributed by atoms with van der Waals surface area (Å²) >= 11 is 8.07. The summed E-state index contributed by atoms with van der Waals surface area (Å²) in [6.07, 6.45) is 0. The number of hydrogen-bond donors (Lipinski definition) is 2. The molecule has 0 spiro atoms. The Balaban J connectivity index is 1.74. The number of hydrogen-bond acceptors (Lipinski definition) is 5. The standard InChI is InChI=1S/C15H13N3OS3/c1-8-6-9(2)12-11(7-8)22-15(16-12)18-14(20)17-13(19)10-4-3-5-21-10/h3-7H,1-2H3,(H2,16,17,18,19,20). The van der Waals surface area contributed by atoms with Crippen LogP contribution in [0.25, 0.3) is 10.2 Å². The summed E-state index contributed by atoms with van der Waals surface area (Å²) in [5, 5.41) is 8.43. The van der Waals surface area contributed by atoms with Gasteiger partial charge in [0.15, 0.2) is 10.2 Å². The maximum Gasteiger partial charge on any atom is 0.267 e. The molecule has 0 aliphatic rings. The van der Waals surface area contributed by atoms with Gasteiger partial charge >= 0.3 is 0 Å². The number of thiophene rings is 1. The summed E-state index contributed by atoms with van der Waals surface area (Å²) in [7, 11) is 0. The number of benzene rings is 1. The number of carbonyl (C=O) groups is 1. The molecule has 0 aliphatic heterocycles. The number of thiocarbonyl (C=S) groups is 1. The third-order valence-corrected chi connectivity index (χ3v) is 5.01. The number of thiazole rings is 1. The van der Waals surface area contributed by atoms with Crippen molar-refractivity contribution in [3.8, 4) is 0 Å². The van der Waals surface area contributed by atoms with Crippen LogP contribution in [0.15, 0.2) is 29.6 Å². The highest BCUT2D eigenvalue weighted by Crippen LogP contribution is 2.29. The Hall–Kier alpha value is -1.83. The fourth-order valence-corrected chi connectivity index (χ4v) is 4.04. The van der Waals surface area contributed by atoms with E-state index in [9.17, 15) is 4.79 Å². The average Bonchev–Trinajstić information content (AvgIpc) is 3.07. The van der Waals surface area contributed by atoms with Crippen LogP contribution in [-0.4, -0.2) is 16.0 Å². The molecule has 2 heterocycles. The van der Waals surface area contributed by atoms with Gasteiger partial charge in [-0.25, -0.2) is 4.98 Å². The third-order valence-electron chi connectivity index (χ3n) is 3.02. The van der Waals surface area contributed by atoms with Gasteiger partial charge in [0, 0.05) is 0 Å². The highest BCUT2D eigenvalue weighted by Gasteiger charge is 2.11. The summed E-state index contributed by atoms with van der Waals surface area (Å²) < 4.78 is 1.10. The largest absolute Gasteiger partial charge is 0.308 e. The molecule has 0 saturated heterocycles. The molecule has 0 unspecified atom stereocenters. The zero-order valence-electron chi connectivity index (χ0n) is 12.0. The Bertz CT molecular complexity index is 852. The second-order valence-corrected chi connectivity index (χ2v) is 7.22. The third kappa shape index (κ3) is 3.16. The van der Waals surface area contributed by atoms with Crippen molar-refractivity contribution in [3.63, 3.8) is 0 Å². The zero-order valence-corrected chi connectivity index (χ0v) is 14.4. The van der Waals surface area contributed by atoms with Gasteiger partial charge in [0.25, 0.3) is 5.91 Å². The molecule has 0 atom stereocenters. The first-order valence-corrected chi connectivity index (χ1v) is 8.67. The number of anilines is 1. The van der Waals surface area contributed by atoms with Gasteiger partial charge in [0.2, 0.25) is 0 Å². The molecule has 0 fully saturated rings. The lowest BCUT2D eigenvalue weighted by atomic mass is 10.1. The quantitative estimate of drug-likeness (QED) is 0.685. The van der Waals surface area contributed by atoms with E-state index in [1.807, 2.05) is 18.4 Å². The molecule has 0 radical (unpaired) electrons. The monoisotopic (exact) mass is 347 g/mol. The normalized spacial score (nSPS) is 10.6. The first-order valence-electron chi connectivity index (χ1n) is 6.56. The summed E-state index contributed by atoms with van der Waals surface area (Å²) in [4.78, 5) is 17.1. The van der Waals surface area contributed by atoms with Crippen LogP contribution in [0.3, 0.4) is 0 Å². The van der Waals surface area contributed by atoms with Gasteiger partial charge < -0.3 is 5.32 Å². The van der Waals surface area contributed by atoms with Crippen LogP contribution in [0.5, 0.6) is 0 Å². The molecule has 1 aromatic carbocycles. The molecule has 3 aromatic rings. The lowest BCUT2D eigenvalue weighted by Gasteiger charge is -2.05. The van der Waals surface area contributed by atoms with Gasteiger partial charge in [0.1, 0.15) is 0 Å². The molecule has 3 rings (SSSR count). The molecule has 0 bridgehead atoms. The number of carbonyl (C=O) groups excluding carboxylic acids is 1. The van der Waals surface area contributed by atoms with Gasteiger partial charge in [-0.3, -0.25) is 10.1 Å². The van der Waals surface area contributed by atoms with Gasteiger partial charge in [-0.05, 0) is 54.7 Å². The minimum Gasteiger partial charge on any atom is -0.308 e. The highest BCUT2D eigenvalue weighted by molar-refractivity contribution is 7.80. The Kier molecular flexibility index (Phi) is 4.19. The van der Waals surface area contributed by atoms with Gasteiger partial charge in [-0.2, -0.15) is 0 Å². The van der Waals surface area contributed by atoms with Crippen LogP contribution in [-0.2, 0) is 0 Å². The Morgan fingerprint density at radius 1 is 1.32 bits per heavy atom. The molecule has 2 N–H and O–H groups in total. The van der Waals surface area contributed by atoms with Crippen molar-refractivity contribution >= 4 is 61.3 Å². The van der Waals surface area contributed by atoms with Crippen molar-refractivity contribution in [2.45, 2.75) is 13.8 Å².